The van der Waals surface area contributed by atoms with Crippen LogP contribution in [0.4, 0.5) is 5.69 Å². The number of aromatic nitrogens is 1. The van der Waals surface area contributed by atoms with Crippen molar-refractivity contribution in [2.75, 3.05) is 18.0 Å². The molecule has 0 aliphatic carbocycles. The lowest BCUT2D eigenvalue weighted by Gasteiger charge is -2.32. The summed E-state index contributed by atoms with van der Waals surface area (Å²) in [6.07, 6.45) is 3.18. The number of halogens is 1. The summed E-state index contributed by atoms with van der Waals surface area (Å²) in [6.45, 7) is 6.67. The number of benzene rings is 1. The monoisotopic (exact) mass is 474 g/mol. The Balaban J connectivity index is 1.63. The molecule has 2 aliphatic rings. The highest BCUT2D eigenvalue weighted by Crippen LogP contribution is 2.39. The number of hydrogen-bond donors (Lipinski definition) is 0. The third-order valence-electron chi connectivity index (χ3n) is 5.78. The predicted molar refractivity (Wildman–Crippen MR) is 127 cm³/mol. The van der Waals surface area contributed by atoms with E-state index in [1.165, 1.54) is 0 Å². The van der Waals surface area contributed by atoms with Gasteiger partial charge in [0.15, 0.2) is 5.25 Å². The van der Waals surface area contributed by atoms with Crippen LogP contribution in [0.3, 0.4) is 0 Å². The normalized spacial score (nSPS) is 23.2. The number of rotatable bonds is 3. The van der Waals surface area contributed by atoms with Gasteiger partial charge in [0.25, 0.3) is 15.9 Å². The van der Waals surface area contributed by atoms with Gasteiger partial charge in [0.05, 0.1) is 23.5 Å². The number of amides is 1. The van der Waals surface area contributed by atoms with E-state index in [-0.39, 0.29) is 11.8 Å². The van der Waals surface area contributed by atoms with Crippen LogP contribution in [0.15, 0.2) is 53.7 Å². The number of sulfonamides is 1. The fourth-order valence-electron chi connectivity index (χ4n) is 4.35. The lowest BCUT2D eigenvalue weighted by molar-refractivity contribution is -0.122. The van der Waals surface area contributed by atoms with Crippen molar-refractivity contribution in [1.82, 2.24) is 9.29 Å². The fourth-order valence-corrected chi connectivity index (χ4v) is 6.71. The summed E-state index contributed by atoms with van der Waals surface area (Å²) >= 11 is 5.88. The van der Waals surface area contributed by atoms with Crippen LogP contribution in [0.25, 0.3) is 0 Å². The zero-order valence-electron chi connectivity index (χ0n) is 18.4. The molecule has 2 saturated heterocycles. The van der Waals surface area contributed by atoms with Crippen molar-refractivity contribution in [2.24, 2.45) is 4.99 Å². The zero-order valence-corrected chi connectivity index (χ0v) is 20.0. The fraction of sp³-hybridized carbons (Fsp3) is 0.435. The Hall–Kier alpha value is -2.45. The molecule has 1 amide bonds. The minimum Gasteiger partial charge on any atom is -0.370 e. The molecule has 4 rings (SSSR count). The zero-order chi connectivity index (χ0) is 23.1. The van der Waals surface area contributed by atoms with E-state index in [2.05, 4.69) is 9.88 Å². The molecular formula is C23H27ClN4O3S. The van der Waals surface area contributed by atoms with Gasteiger partial charge in [-0.25, -0.2) is 17.7 Å². The first-order valence-electron chi connectivity index (χ1n) is 10.7. The smallest absolute Gasteiger partial charge is 0.283 e. The summed E-state index contributed by atoms with van der Waals surface area (Å²) in [5, 5.41) is -0.625. The Morgan fingerprint density at radius 2 is 1.72 bits per heavy atom. The van der Waals surface area contributed by atoms with Crippen molar-refractivity contribution in [3.63, 3.8) is 0 Å². The Labute approximate surface area is 194 Å². The lowest BCUT2D eigenvalue weighted by Crippen LogP contribution is -2.45. The van der Waals surface area contributed by atoms with Crippen LogP contribution >= 0.6 is 11.6 Å². The first kappa shape index (κ1) is 22.7. The highest BCUT2D eigenvalue weighted by molar-refractivity contribution is 7.91. The Bertz CT molecular complexity index is 1120. The van der Waals surface area contributed by atoms with Crippen LogP contribution in [0, 0.1) is 0 Å². The summed E-state index contributed by atoms with van der Waals surface area (Å²) in [5.74, 6) is -0.518. The van der Waals surface area contributed by atoms with Gasteiger partial charge in [0, 0.05) is 13.1 Å². The maximum absolute atomic E-state index is 13.5. The predicted octanol–water partition coefficient (Wildman–Crippen LogP) is 3.86. The van der Waals surface area contributed by atoms with Crippen molar-refractivity contribution >= 4 is 38.9 Å². The molecule has 32 heavy (non-hydrogen) atoms. The molecule has 9 heteroatoms. The second kappa shape index (κ2) is 8.48. The van der Waals surface area contributed by atoms with Crippen molar-refractivity contribution in [3.05, 3.63) is 59.4 Å². The van der Waals surface area contributed by atoms with Gasteiger partial charge in [0.2, 0.25) is 0 Å². The van der Waals surface area contributed by atoms with Crippen molar-refractivity contribution in [1.29, 1.82) is 0 Å². The number of piperidine rings is 1. The first-order valence-corrected chi connectivity index (χ1v) is 12.5. The van der Waals surface area contributed by atoms with E-state index in [0.717, 1.165) is 35.9 Å². The van der Waals surface area contributed by atoms with Crippen molar-refractivity contribution in [2.45, 2.75) is 50.4 Å². The molecule has 0 bridgehead atoms. The number of aliphatic imine (C=N–C) groups is 1. The van der Waals surface area contributed by atoms with E-state index in [9.17, 15) is 13.2 Å². The molecule has 2 fully saturated rings. The van der Waals surface area contributed by atoms with Crippen LogP contribution in [0.1, 0.15) is 44.4 Å². The van der Waals surface area contributed by atoms with E-state index in [1.807, 2.05) is 12.1 Å². The Morgan fingerprint density at radius 1 is 1.06 bits per heavy atom. The molecule has 1 unspecified atom stereocenters. The first-order chi connectivity index (χ1) is 15.1. The average molecular weight is 475 g/mol. The quantitative estimate of drug-likeness (QED) is 0.631. The number of anilines is 1. The molecule has 2 aromatic rings. The van der Waals surface area contributed by atoms with Gasteiger partial charge in [-0.1, -0.05) is 41.9 Å². The molecule has 3 heterocycles. The maximum Gasteiger partial charge on any atom is 0.283 e. The number of carbonyl (C=O) groups is 1. The molecule has 7 nitrogen and oxygen atoms in total. The van der Waals surface area contributed by atoms with Gasteiger partial charge in [-0.05, 0) is 51.3 Å². The SMILES string of the molecule is CC(C)(C)N1C(=O)C(=NC2CCN(c3ccc(Cl)nc3)CC2)C(c2ccccc2)S1(=O)=O. The molecule has 2 aliphatic heterocycles. The van der Waals surface area contributed by atoms with Gasteiger partial charge in [-0.15, -0.1) is 0 Å². The summed E-state index contributed by atoms with van der Waals surface area (Å²) < 4.78 is 27.9. The highest BCUT2D eigenvalue weighted by Gasteiger charge is 2.54. The third-order valence-corrected chi connectivity index (χ3v) is 8.32. The summed E-state index contributed by atoms with van der Waals surface area (Å²) in [7, 11) is -3.92. The Morgan fingerprint density at radius 3 is 2.28 bits per heavy atom. The molecular weight excluding hydrogens is 448 g/mol. The number of nitrogens with zero attached hydrogens (tertiary/aromatic N) is 4. The van der Waals surface area contributed by atoms with E-state index < -0.39 is 26.7 Å². The molecule has 0 spiro atoms. The van der Waals surface area contributed by atoms with Crippen LogP contribution in [-0.4, -0.2) is 54.0 Å². The van der Waals surface area contributed by atoms with E-state index in [4.69, 9.17) is 16.6 Å². The van der Waals surface area contributed by atoms with Gasteiger partial charge >= 0.3 is 0 Å². The van der Waals surface area contributed by atoms with E-state index in [0.29, 0.717) is 10.7 Å². The molecule has 1 aromatic heterocycles. The molecule has 0 N–H and O–H groups in total. The number of carbonyl (C=O) groups excluding carboxylic acids is 1. The maximum atomic E-state index is 13.5. The number of pyridine rings is 1. The van der Waals surface area contributed by atoms with Crippen LogP contribution in [0.2, 0.25) is 5.15 Å². The van der Waals surface area contributed by atoms with Gasteiger partial charge in [-0.2, -0.15) is 0 Å². The summed E-state index contributed by atoms with van der Waals surface area (Å²) in [6, 6.07) is 12.5. The minimum atomic E-state index is -3.92. The second-order valence-electron chi connectivity index (χ2n) is 9.15. The Kier molecular flexibility index (Phi) is 6.02. The molecule has 170 valence electrons. The van der Waals surface area contributed by atoms with E-state index in [1.54, 1.807) is 57.3 Å². The molecule has 1 atom stereocenters. The standard InChI is InChI=1S/C23H27ClN4O3S/c1-23(2,3)28-22(29)20(21(32(28,30)31)16-7-5-4-6-8-16)26-17-11-13-27(14-12-17)18-9-10-19(24)25-15-18/h4-10,15,17,21H,11-14H2,1-3H3. The van der Waals surface area contributed by atoms with E-state index >= 15 is 0 Å². The van der Waals surface area contributed by atoms with Crippen LogP contribution in [-0.2, 0) is 14.8 Å². The number of hydrogen-bond acceptors (Lipinski definition) is 6. The van der Waals surface area contributed by atoms with Crippen molar-refractivity contribution in [3.8, 4) is 0 Å². The topological polar surface area (TPSA) is 82.9 Å². The summed E-state index contributed by atoms with van der Waals surface area (Å²) in [5.41, 5.74) is 0.806. The molecule has 0 radical (unpaired) electrons. The minimum absolute atomic E-state index is 0.119. The van der Waals surface area contributed by atoms with Crippen LogP contribution in [0.5, 0.6) is 0 Å². The second-order valence-corrected chi connectivity index (χ2v) is 11.4. The molecule has 1 aromatic carbocycles. The average Bonchev–Trinajstić information content (AvgIpc) is 2.94. The van der Waals surface area contributed by atoms with Crippen LogP contribution < -0.4 is 4.90 Å². The highest BCUT2D eigenvalue weighted by atomic mass is 35.5. The van der Waals surface area contributed by atoms with Gasteiger partial charge in [0.1, 0.15) is 10.9 Å². The lowest BCUT2D eigenvalue weighted by atomic mass is 10.0. The third kappa shape index (κ3) is 4.26. The van der Waals surface area contributed by atoms with Crippen molar-refractivity contribution < 1.29 is 13.2 Å². The largest absolute Gasteiger partial charge is 0.370 e. The van der Waals surface area contributed by atoms with Gasteiger partial charge in [-0.3, -0.25) is 9.79 Å². The summed E-state index contributed by atoms with van der Waals surface area (Å²) in [4.78, 5) is 24.4. The van der Waals surface area contributed by atoms with Gasteiger partial charge < -0.3 is 4.90 Å². The molecule has 0 saturated carbocycles.